The zero-order valence-corrected chi connectivity index (χ0v) is 15.4. The molecule has 0 aliphatic carbocycles. The molecule has 12 nitrogen and oxygen atoms in total. The van der Waals surface area contributed by atoms with Crippen molar-refractivity contribution in [2.75, 3.05) is 19.6 Å². The van der Waals surface area contributed by atoms with Gasteiger partial charge in [0, 0.05) is 19.6 Å². The Morgan fingerprint density at radius 2 is 1.82 bits per heavy atom. The van der Waals surface area contributed by atoms with E-state index in [0.29, 0.717) is 11.4 Å². The van der Waals surface area contributed by atoms with Gasteiger partial charge in [-0.15, -0.1) is 0 Å². The van der Waals surface area contributed by atoms with E-state index < -0.39 is 40.2 Å². The molecule has 0 bridgehead atoms. The Bertz CT molecular complexity index is 899. The average Bonchev–Trinajstić information content (AvgIpc) is 2.61. The maximum atomic E-state index is 12.3. The summed E-state index contributed by atoms with van der Waals surface area (Å²) in [7, 11) is -4.73. The molecule has 0 spiro atoms. The first kappa shape index (κ1) is 21.1. The zero-order chi connectivity index (χ0) is 21.1. The lowest BCUT2D eigenvalue weighted by Gasteiger charge is -2.32. The number of carbonyl (C=O) groups is 4. The number of rotatable bonds is 6. The number of imide groups is 1. The topological polar surface area (TPSA) is 174 Å². The molecule has 1 atom stereocenters. The fourth-order valence-electron chi connectivity index (χ4n) is 2.51. The molecule has 1 aliphatic rings. The second-order valence-corrected chi connectivity index (χ2v) is 6.69. The van der Waals surface area contributed by atoms with Crippen LogP contribution in [-0.4, -0.2) is 66.2 Å². The Kier molecular flexibility index (Phi) is 6.20. The van der Waals surface area contributed by atoms with Crippen molar-refractivity contribution in [3.63, 3.8) is 0 Å². The van der Waals surface area contributed by atoms with Crippen LogP contribution < -0.4 is 15.2 Å². The quantitative estimate of drug-likeness (QED) is 0.446. The lowest BCUT2D eigenvalue weighted by atomic mass is 10.1. The first-order chi connectivity index (χ1) is 13.0. The lowest BCUT2D eigenvalue weighted by molar-refractivity contribution is -0.153. The van der Waals surface area contributed by atoms with Gasteiger partial charge in [0.15, 0.2) is 0 Å². The van der Waals surface area contributed by atoms with Crippen molar-refractivity contribution in [2.45, 2.75) is 13.0 Å². The van der Waals surface area contributed by atoms with Crippen molar-refractivity contribution in [3.8, 4) is 5.75 Å². The van der Waals surface area contributed by atoms with E-state index in [-0.39, 0.29) is 24.4 Å². The molecule has 1 aromatic carbocycles. The van der Waals surface area contributed by atoms with Crippen molar-refractivity contribution < 1.29 is 36.3 Å². The monoisotopic (exact) mass is 413 g/mol. The third-order valence-corrected chi connectivity index (χ3v) is 4.28. The third kappa shape index (κ3) is 4.95. The van der Waals surface area contributed by atoms with Gasteiger partial charge >= 0.3 is 28.2 Å². The van der Waals surface area contributed by atoms with Crippen molar-refractivity contribution in [1.82, 2.24) is 20.9 Å². The highest BCUT2D eigenvalue weighted by Crippen LogP contribution is 2.20. The van der Waals surface area contributed by atoms with E-state index >= 15 is 0 Å². The van der Waals surface area contributed by atoms with E-state index in [9.17, 15) is 27.6 Å². The van der Waals surface area contributed by atoms with Crippen LogP contribution in [0.4, 0.5) is 4.79 Å². The van der Waals surface area contributed by atoms with Crippen LogP contribution in [0.15, 0.2) is 24.3 Å². The Balaban J connectivity index is 2.15. The van der Waals surface area contributed by atoms with E-state index in [1.807, 2.05) is 0 Å². The highest BCUT2D eigenvalue weighted by atomic mass is 32.3. The minimum atomic E-state index is -4.73. The first-order valence-electron chi connectivity index (χ1n) is 7.97. The van der Waals surface area contributed by atoms with E-state index in [2.05, 4.69) is 9.50 Å². The summed E-state index contributed by atoms with van der Waals surface area (Å²) in [4.78, 5) is 49.8. The van der Waals surface area contributed by atoms with Gasteiger partial charge < -0.3 is 14.4 Å². The van der Waals surface area contributed by atoms with Gasteiger partial charge in [0.05, 0.1) is 0 Å². The van der Waals surface area contributed by atoms with Crippen LogP contribution in [0.3, 0.4) is 0 Å². The molecule has 151 valence electrons. The average molecular weight is 413 g/mol. The normalized spacial score (nSPS) is 15.9. The number of hydrogen-bond donors (Lipinski definition) is 2. The number of nitrogens with one attached hydrogen (secondary N) is 2. The molecule has 1 heterocycles. The summed E-state index contributed by atoms with van der Waals surface area (Å²) < 4.78 is 34.2. The number of urea groups is 1. The number of benzene rings is 1. The summed E-state index contributed by atoms with van der Waals surface area (Å²) in [6.45, 7) is 2.08. The lowest BCUT2D eigenvalue weighted by Crippen LogP contribution is -2.58. The molecule has 0 saturated carbocycles. The fourth-order valence-corrected chi connectivity index (χ4v) is 2.86. The van der Waals surface area contributed by atoms with E-state index in [0.717, 1.165) is 12.1 Å². The summed E-state index contributed by atoms with van der Waals surface area (Å²) in [6, 6.07) is 2.09. The summed E-state index contributed by atoms with van der Waals surface area (Å²) in [5.74, 6) is -3.35. The van der Waals surface area contributed by atoms with Crippen molar-refractivity contribution >= 4 is 34.2 Å². The number of amides is 5. The van der Waals surface area contributed by atoms with Crippen LogP contribution in [0, 0.1) is 0 Å². The predicted molar refractivity (Wildman–Crippen MR) is 92.0 cm³/mol. The van der Waals surface area contributed by atoms with Gasteiger partial charge in [-0.2, -0.15) is 8.42 Å². The second kappa shape index (κ2) is 8.22. The summed E-state index contributed by atoms with van der Waals surface area (Å²) >= 11 is 0. The minimum absolute atomic E-state index is 0.0652. The van der Waals surface area contributed by atoms with Crippen LogP contribution in [0.5, 0.6) is 5.75 Å². The molecule has 1 aromatic rings. The van der Waals surface area contributed by atoms with Gasteiger partial charge in [-0.1, -0.05) is 12.1 Å². The third-order valence-electron chi connectivity index (χ3n) is 3.88. The molecule has 28 heavy (non-hydrogen) atoms. The Morgan fingerprint density at radius 3 is 2.32 bits per heavy atom. The van der Waals surface area contributed by atoms with Crippen LogP contribution in [0.2, 0.25) is 0 Å². The van der Waals surface area contributed by atoms with Gasteiger partial charge in [-0.05, 0) is 24.6 Å². The standard InChI is InChI=1S/C15H17N4O8S/c1-2-18-7-8-19(14(22)13(18)21)15(23)17-11(12(16)20)9-3-5-10(6-4-9)27-28(24,25)26/h3-6,11,16H,2,7-8H2,1H3,(H,17,23)(H,24,25,26). The number of likely N-dealkylation sites (N-methyl/N-ethyl adjacent to an activating group) is 1. The molecule has 1 radical (unpaired) electrons. The molecule has 3 N–H and O–H groups in total. The predicted octanol–water partition coefficient (Wildman–Crippen LogP) is -0.881. The van der Waals surface area contributed by atoms with Gasteiger partial charge in [0.1, 0.15) is 11.8 Å². The molecular weight excluding hydrogens is 396 g/mol. The molecular formula is C15H17N4O8S. The second-order valence-electron chi connectivity index (χ2n) is 5.67. The molecule has 1 unspecified atom stereocenters. The van der Waals surface area contributed by atoms with Crippen LogP contribution in [0.25, 0.3) is 0 Å². The summed E-state index contributed by atoms with van der Waals surface area (Å²) in [5, 5.41) is 2.20. The largest absolute Gasteiger partial charge is 0.446 e. The highest BCUT2D eigenvalue weighted by molar-refractivity contribution is 7.81. The molecule has 0 aromatic heterocycles. The molecule has 13 heteroatoms. The Hall–Kier alpha value is -3.19. The molecule has 1 fully saturated rings. The molecule has 1 aliphatic heterocycles. The zero-order valence-electron chi connectivity index (χ0n) is 14.6. The highest BCUT2D eigenvalue weighted by Gasteiger charge is 2.36. The first-order valence-corrected chi connectivity index (χ1v) is 9.33. The minimum Gasteiger partial charge on any atom is -0.362 e. The van der Waals surface area contributed by atoms with Gasteiger partial charge in [0.2, 0.25) is 0 Å². The van der Waals surface area contributed by atoms with Crippen LogP contribution in [0.1, 0.15) is 18.5 Å². The Morgan fingerprint density at radius 1 is 1.21 bits per heavy atom. The number of hydrogen-bond acceptors (Lipinski definition) is 7. The van der Waals surface area contributed by atoms with Gasteiger partial charge in [-0.3, -0.25) is 29.6 Å². The number of nitrogens with zero attached hydrogens (tertiary/aromatic N) is 2. The summed E-state index contributed by atoms with van der Waals surface area (Å²) in [5.41, 5.74) is 7.43. The van der Waals surface area contributed by atoms with E-state index in [1.165, 1.54) is 17.0 Å². The van der Waals surface area contributed by atoms with Gasteiger partial charge in [0.25, 0.3) is 5.91 Å². The number of carbonyl (C=O) groups excluding carboxylic acids is 4. The van der Waals surface area contributed by atoms with Crippen molar-refractivity contribution in [3.05, 3.63) is 29.8 Å². The van der Waals surface area contributed by atoms with E-state index in [4.69, 9.17) is 10.3 Å². The van der Waals surface area contributed by atoms with Gasteiger partial charge in [-0.25, -0.2) is 4.79 Å². The van der Waals surface area contributed by atoms with Crippen molar-refractivity contribution in [2.24, 2.45) is 0 Å². The Labute approximate surface area is 160 Å². The van der Waals surface area contributed by atoms with Crippen molar-refractivity contribution in [1.29, 1.82) is 0 Å². The summed E-state index contributed by atoms with van der Waals surface area (Å²) in [6.07, 6.45) is 0. The SMILES string of the molecule is CCN1CCN(C(=O)NC(C([NH])=O)c2ccc(OS(=O)(=O)O)cc2)C(=O)C1=O. The number of piperazine rings is 1. The maximum absolute atomic E-state index is 12.3. The molecule has 2 rings (SSSR count). The molecule has 1 saturated heterocycles. The van der Waals surface area contributed by atoms with Crippen LogP contribution >= 0.6 is 0 Å². The smallest absolute Gasteiger partial charge is 0.362 e. The van der Waals surface area contributed by atoms with E-state index in [1.54, 1.807) is 6.92 Å². The fraction of sp³-hybridized carbons (Fsp3) is 0.333. The molecule has 5 amide bonds. The van der Waals surface area contributed by atoms with Crippen LogP contribution in [-0.2, 0) is 24.8 Å². The maximum Gasteiger partial charge on any atom is 0.446 e.